The molecule has 4 nitrogen and oxygen atoms in total. The van der Waals surface area contributed by atoms with E-state index in [2.05, 4.69) is 15.3 Å². The molecule has 0 aliphatic carbocycles. The fourth-order valence-electron chi connectivity index (χ4n) is 1.15. The van der Waals surface area contributed by atoms with Crippen molar-refractivity contribution < 1.29 is 9.18 Å². The zero-order chi connectivity index (χ0) is 11.4. The molecule has 0 spiro atoms. The summed E-state index contributed by atoms with van der Waals surface area (Å²) >= 11 is 1.43. The fourth-order valence-corrected chi connectivity index (χ4v) is 1.70. The SMILES string of the molecule is O=C(NCc1nccs1)c1cccnc1F. The van der Waals surface area contributed by atoms with E-state index in [4.69, 9.17) is 0 Å². The number of nitrogens with zero attached hydrogens (tertiary/aromatic N) is 2. The lowest BCUT2D eigenvalue weighted by atomic mass is 10.2. The monoisotopic (exact) mass is 237 g/mol. The van der Waals surface area contributed by atoms with Gasteiger partial charge in [0.2, 0.25) is 5.95 Å². The van der Waals surface area contributed by atoms with Crippen LogP contribution in [-0.4, -0.2) is 15.9 Å². The van der Waals surface area contributed by atoms with Gasteiger partial charge in [-0.05, 0) is 12.1 Å². The third kappa shape index (κ3) is 2.40. The lowest BCUT2D eigenvalue weighted by molar-refractivity contribution is 0.0946. The Hall–Kier alpha value is -1.82. The Morgan fingerprint density at radius 3 is 3.00 bits per heavy atom. The maximum absolute atomic E-state index is 13.1. The molecule has 0 atom stereocenters. The molecule has 2 aromatic heterocycles. The largest absolute Gasteiger partial charge is 0.345 e. The van der Waals surface area contributed by atoms with Crippen LogP contribution in [0.5, 0.6) is 0 Å². The van der Waals surface area contributed by atoms with E-state index in [1.165, 1.54) is 29.7 Å². The minimum Gasteiger partial charge on any atom is -0.345 e. The van der Waals surface area contributed by atoms with Crippen molar-refractivity contribution in [3.63, 3.8) is 0 Å². The highest BCUT2D eigenvalue weighted by atomic mass is 32.1. The van der Waals surface area contributed by atoms with E-state index in [0.717, 1.165) is 5.01 Å². The zero-order valence-electron chi connectivity index (χ0n) is 8.18. The molecule has 2 heterocycles. The van der Waals surface area contributed by atoms with Gasteiger partial charge in [0.25, 0.3) is 5.91 Å². The molecule has 0 saturated carbocycles. The average molecular weight is 237 g/mol. The quantitative estimate of drug-likeness (QED) is 0.825. The molecule has 0 bridgehead atoms. The predicted octanol–water partition coefficient (Wildman–Crippen LogP) is 1.61. The minimum atomic E-state index is -0.765. The van der Waals surface area contributed by atoms with E-state index in [9.17, 15) is 9.18 Å². The number of carbonyl (C=O) groups is 1. The number of aromatic nitrogens is 2. The van der Waals surface area contributed by atoms with Gasteiger partial charge in [-0.25, -0.2) is 9.97 Å². The molecule has 82 valence electrons. The summed E-state index contributed by atoms with van der Waals surface area (Å²) in [5.41, 5.74) is -0.0564. The molecule has 6 heteroatoms. The molecular formula is C10H8FN3OS. The topological polar surface area (TPSA) is 54.9 Å². The van der Waals surface area contributed by atoms with E-state index in [-0.39, 0.29) is 5.56 Å². The van der Waals surface area contributed by atoms with Gasteiger partial charge in [0.15, 0.2) is 0 Å². The number of nitrogens with one attached hydrogen (secondary N) is 1. The van der Waals surface area contributed by atoms with Gasteiger partial charge in [-0.1, -0.05) is 0 Å². The van der Waals surface area contributed by atoms with E-state index in [1.807, 2.05) is 5.38 Å². The lowest BCUT2D eigenvalue weighted by Gasteiger charge is -2.02. The summed E-state index contributed by atoms with van der Waals surface area (Å²) in [5, 5.41) is 5.16. The van der Waals surface area contributed by atoms with Gasteiger partial charge in [0.1, 0.15) is 5.01 Å². The first-order valence-electron chi connectivity index (χ1n) is 4.54. The fraction of sp³-hybridized carbons (Fsp3) is 0.100. The number of thiazole rings is 1. The summed E-state index contributed by atoms with van der Waals surface area (Å²) in [7, 11) is 0. The number of halogens is 1. The van der Waals surface area contributed by atoms with Gasteiger partial charge in [0.05, 0.1) is 12.1 Å². The van der Waals surface area contributed by atoms with Gasteiger partial charge in [-0.2, -0.15) is 4.39 Å². The van der Waals surface area contributed by atoms with Crippen molar-refractivity contribution in [1.82, 2.24) is 15.3 Å². The normalized spacial score (nSPS) is 10.1. The number of hydrogen-bond acceptors (Lipinski definition) is 4. The van der Waals surface area contributed by atoms with Crippen molar-refractivity contribution in [3.8, 4) is 0 Å². The van der Waals surface area contributed by atoms with E-state index in [0.29, 0.717) is 6.54 Å². The van der Waals surface area contributed by atoms with E-state index in [1.54, 1.807) is 6.20 Å². The van der Waals surface area contributed by atoms with Gasteiger partial charge in [-0.15, -0.1) is 11.3 Å². The third-order valence-electron chi connectivity index (χ3n) is 1.89. The number of rotatable bonds is 3. The van der Waals surface area contributed by atoms with Crippen molar-refractivity contribution in [1.29, 1.82) is 0 Å². The van der Waals surface area contributed by atoms with Crippen LogP contribution in [0.4, 0.5) is 4.39 Å². The summed E-state index contributed by atoms with van der Waals surface area (Å²) in [4.78, 5) is 18.9. The Labute approximate surface area is 95.2 Å². The Morgan fingerprint density at radius 2 is 2.31 bits per heavy atom. The highest BCUT2D eigenvalue weighted by molar-refractivity contribution is 7.09. The van der Waals surface area contributed by atoms with E-state index >= 15 is 0 Å². The van der Waals surface area contributed by atoms with Gasteiger partial charge >= 0.3 is 0 Å². The van der Waals surface area contributed by atoms with Crippen LogP contribution in [-0.2, 0) is 6.54 Å². The maximum Gasteiger partial charge on any atom is 0.256 e. The van der Waals surface area contributed by atoms with Crippen molar-refractivity contribution >= 4 is 17.2 Å². The van der Waals surface area contributed by atoms with Crippen LogP contribution < -0.4 is 5.32 Å². The van der Waals surface area contributed by atoms with Crippen LogP contribution in [0.15, 0.2) is 29.9 Å². The van der Waals surface area contributed by atoms with Crippen LogP contribution in [0.3, 0.4) is 0 Å². The molecule has 1 N–H and O–H groups in total. The summed E-state index contributed by atoms with van der Waals surface area (Å²) in [6.45, 7) is 0.296. The first-order valence-corrected chi connectivity index (χ1v) is 5.42. The molecule has 16 heavy (non-hydrogen) atoms. The zero-order valence-corrected chi connectivity index (χ0v) is 9.00. The first kappa shape index (κ1) is 10.7. The molecule has 2 rings (SSSR count). The molecule has 0 aliphatic rings. The van der Waals surface area contributed by atoms with Gasteiger partial charge < -0.3 is 5.32 Å². The Bertz CT molecular complexity index is 487. The molecule has 1 amide bonds. The number of hydrogen-bond donors (Lipinski definition) is 1. The molecule has 0 unspecified atom stereocenters. The number of amides is 1. The molecule has 0 aliphatic heterocycles. The molecule has 2 aromatic rings. The minimum absolute atomic E-state index is 0.0564. The molecule has 0 saturated heterocycles. The molecule has 0 fully saturated rings. The average Bonchev–Trinajstić information content (AvgIpc) is 2.79. The second-order valence-corrected chi connectivity index (χ2v) is 3.93. The smallest absolute Gasteiger partial charge is 0.256 e. The van der Waals surface area contributed by atoms with Crippen LogP contribution in [0.25, 0.3) is 0 Å². The summed E-state index contributed by atoms with van der Waals surface area (Å²) in [6.07, 6.45) is 2.95. The van der Waals surface area contributed by atoms with Crippen LogP contribution in [0.1, 0.15) is 15.4 Å². The van der Waals surface area contributed by atoms with Crippen molar-refractivity contribution in [2.45, 2.75) is 6.54 Å². The molecular weight excluding hydrogens is 229 g/mol. The standard InChI is InChI=1S/C10H8FN3OS/c11-9-7(2-1-3-13-9)10(15)14-6-8-12-4-5-16-8/h1-5H,6H2,(H,14,15). The molecule has 0 aromatic carbocycles. The highest BCUT2D eigenvalue weighted by Crippen LogP contribution is 2.05. The van der Waals surface area contributed by atoms with Crippen molar-refractivity contribution in [2.24, 2.45) is 0 Å². The van der Waals surface area contributed by atoms with Crippen LogP contribution in [0.2, 0.25) is 0 Å². The Morgan fingerprint density at radius 1 is 1.44 bits per heavy atom. The molecule has 0 radical (unpaired) electrons. The van der Waals surface area contributed by atoms with Crippen molar-refractivity contribution in [3.05, 3.63) is 46.4 Å². The predicted molar refractivity (Wildman–Crippen MR) is 57.5 cm³/mol. The summed E-state index contributed by atoms with van der Waals surface area (Å²) < 4.78 is 13.1. The second kappa shape index (κ2) is 4.80. The highest BCUT2D eigenvalue weighted by Gasteiger charge is 2.11. The third-order valence-corrected chi connectivity index (χ3v) is 2.67. The number of carbonyl (C=O) groups excluding carboxylic acids is 1. The van der Waals surface area contributed by atoms with Gasteiger partial charge in [-0.3, -0.25) is 4.79 Å². The van der Waals surface area contributed by atoms with Gasteiger partial charge in [0, 0.05) is 17.8 Å². The first-order chi connectivity index (χ1) is 7.77. The maximum atomic E-state index is 13.1. The van der Waals surface area contributed by atoms with Crippen LogP contribution >= 0.6 is 11.3 Å². The Kier molecular flexibility index (Phi) is 3.21. The van der Waals surface area contributed by atoms with Crippen LogP contribution in [0, 0.1) is 5.95 Å². The number of pyridine rings is 1. The van der Waals surface area contributed by atoms with Crippen molar-refractivity contribution in [2.75, 3.05) is 0 Å². The second-order valence-electron chi connectivity index (χ2n) is 2.95. The summed E-state index contributed by atoms with van der Waals surface area (Å²) in [6, 6.07) is 2.90. The summed E-state index contributed by atoms with van der Waals surface area (Å²) in [5.74, 6) is -1.25. The Balaban J connectivity index is 2.01. The van der Waals surface area contributed by atoms with E-state index < -0.39 is 11.9 Å². The lowest BCUT2D eigenvalue weighted by Crippen LogP contribution is -2.24.